The molecule has 0 radical (unpaired) electrons. The molecule has 0 bridgehead atoms. The zero-order valence-electron chi connectivity index (χ0n) is 18.1. The van der Waals surface area contributed by atoms with E-state index in [1.54, 1.807) is 20.8 Å². The summed E-state index contributed by atoms with van der Waals surface area (Å²) in [6.07, 6.45) is -5.26. The zero-order chi connectivity index (χ0) is 24.4. The third kappa shape index (κ3) is 6.03. The van der Waals surface area contributed by atoms with Gasteiger partial charge in [-0.25, -0.2) is 9.18 Å². The van der Waals surface area contributed by atoms with Crippen molar-refractivity contribution < 1.29 is 31.8 Å². The molecule has 2 aromatic carbocycles. The van der Waals surface area contributed by atoms with Crippen LogP contribution < -0.4 is 15.6 Å². The minimum absolute atomic E-state index is 0.00229. The first kappa shape index (κ1) is 24.1. The van der Waals surface area contributed by atoms with Crippen molar-refractivity contribution in [3.05, 3.63) is 64.2 Å². The molecule has 0 spiro atoms. The van der Waals surface area contributed by atoms with Crippen molar-refractivity contribution in [1.29, 1.82) is 0 Å². The van der Waals surface area contributed by atoms with Gasteiger partial charge in [-0.1, -0.05) is 12.1 Å². The van der Waals surface area contributed by atoms with E-state index in [1.807, 2.05) is 0 Å². The van der Waals surface area contributed by atoms with Crippen LogP contribution in [0.15, 0.2) is 47.3 Å². The quantitative estimate of drug-likeness (QED) is 0.397. The summed E-state index contributed by atoms with van der Waals surface area (Å²) >= 11 is 0. The number of aromatic amines is 1. The van der Waals surface area contributed by atoms with Crippen molar-refractivity contribution in [3.8, 4) is 17.0 Å². The van der Waals surface area contributed by atoms with E-state index >= 15 is 0 Å². The van der Waals surface area contributed by atoms with Crippen LogP contribution in [0.4, 0.5) is 22.4 Å². The normalized spacial score (nSPS) is 12.0. The highest BCUT2D eigenvalue weighted by atomic mass is 19.4. The Morgan fingerprint density at radius 2 is 1.79 bits per heavy atom. The molecule has 0 aliphatic carbocycles. The fourth-order valence-electron chi connectivity index (χ4n) is 3.10. The van der Waals surface area contributed by atoms with Gasteiger partial charge in [-0.2, -0.15) is 13.2 Å². The fraction of sp³-hybridized carbons (Fsp3) is 0.304. The van der Waals surface area contributed by atoms with E-state index in [1.165, 1.54) is 18.2 Å². The molecule has 0 saturated heterocycles. The van der Waals surface area contributed by atoms with Crippen LogP contribution in [0.3, 0.4) is 0 Å². The number of H-pyrrole nitrogens is 1. The topological polar surface area (TPSA) is 80.4 Å². The summed E-state index contributed by atoms with van der Waals surface area (Å²) in [7, 11) is 0. The molecule has 3 aromatic rings. The Morgan fingerprint density at radius 1 is 1.06 bits per heavy atom. The minimum Gasteiger partial charge on any atom is -0.489 e. The molecule has 6 nitrogen and oxygen atoms in total. The van der Waals surface area contributed by atoms with Gasteiger partial charge in [-0.05, 0) is 51.1 Å². The van der Waals surface area contributed by atoms with Gasteiger partial charge in [0, 0.05) is 10.9 Å². The van der Waals surface area contributed by atoms with E-state index in [0.717, 1.165) is 24.3 Å². The Hall–Kier alpha value is -3.56. The lowest BCUT2D eigenvalue weighted by atomic mass is 10.0. The van der Waals surface area contributed by atoms with Crippen LogP contribution >= 0.6 is 0 Å². The number of amides is 1. The van der Waals surface area contributed by atoms with Crippen LogP contribution in [0, 0.1) is 5.82 Å². The van der Waals surface area contributed by atoms with Gasteiger partial charge in [-0.15, -0.1) is 0 Å². The van der Waals surface area contributed by atoms with Gasteiger partial charge in [-0.3, -0.25) is 4.79 Å². The van der Waals surface area contributed by atoms with E-state index in [-0.39, 0.29) is 40.9 Å². The number of hydrogen-bond acceptors (Lipinski definition) is 4. The Balaban J connectivity index is 1.97. The van der Waals surface area contributed by atoms with Crippen molar-refractivity contribution >= 4 is 16.9 Å². The van der Waals surface area contributed by atoms with Crippen LogP contribution in [0.2, 0.25) is 0 Å². The molecule has 33 heavy (non-hydrogen) atoms. The summed E-state index contributed by atoms with van der Waals surface area (Å²) < 4.78 is 64.2. The third-order valence-corrected chi connectivity index (χ3v) is 4.43. The van der Waals surface area contributed by atoms with Crippen molar-refractivity contribution in [2.45, 2.75) is 32.5 Å². The summed E-state index contributed by atoms with van der Waals surface area (Å²) in [6.45, 7) is 5.03. The van der Waals surface area contributed by atoms with Crippen LogP contribution in [-0.4, -0.2) is 29.8 Å². The van der Waals surface area contributed by atoms with Gasteiger partial charge < -0.3 is 19.8 Å². The first-order valence-corrected chi connectivity index (χ1v) is 9.98. The second-order valence-electron chi connectivity index (χ2n) is 8.20. The maximum absolute atomic E-state index is 13.7. The number of carbonyl (C=O) groups is 1. The summed E-state index contributed by atoms with van der Waals surface area (Å²) in [5.41, 5.74) is -2.22. The molecule has 1 heterocycles. The summed E-state index contributed by atoms with van der Waals surface area (Å²) in [5.74, 6) is -0.604. The van der Waals surface area contributed by atoms with E-state index in [4.69, 9.17) is 9.47 Å². The number of carbonyl (C=O) groups excluding carboxylic acids is 1. The highest BCUT2D eigenvalue weighted by molar-refractivity contribution is 5.93. The van der Waals surface area contributed by atoms with E-state index in [2.05, 4.69) is 10.3 Å². The first-order valence-electron chi connectivity index (χ1n) is 9.98. The Morgan fingerprint density at radius 3 is 2.45 bits per heavy atom. The molecule has 10 heteroatoms. The molecule has 0 saturated carbocycles. The summed E-state index contributed by atoms with van der Waals surface area (Å²) in [5, 5.41) is 2.69. The molecule has 0 atom stereocenters. The highest BCUT2D eigenvalue weighted by Crippen LogP contribution is 2.37. The predicted octanol–water partition coefficient (Wildman–Crippen LogP) is 5.26. The van der Waals surface area contributed by atoms with Crippen LogP contribution in [0.25, 0.3) is 22.0 Å². The lowest BCUT2D eigenvalue weighted by molar-refractivity contribution is -0.137. The maximum atomic E-state index is 13.7. The van der Waals surface area contributed by atoms with Gasteiger partial charge in [0.2, 0.25) is 0 Å². The van der Waals surface area contributed by atoms with Gasteiger partial charge in [0.1, 0.15) is 18.0 Å². The lowest BCUT2D eigenvalue weighted by Gasteiger charge is -2.20. The largest absolute Gasteiger partial charge is 0.489 e. The number of fused-ring (bicyclic) bond motifs is 1. The van der Waals surface area contributed by atoms with Crippen molar-refractivity contribution in [3.63, 3.8) is 0 Å². The smallest absolute Gasteiger partial charge is 0.416 e. The van der Waals surface area contributed by atoms with Crippen molar-refractivity contribution in [2.75, 3.05) is 13.2 Å². The lowest BCUT2D eigenvalue weighted by Crippen LogP contribution is -2.34. The molecule has 1 aromatic heterocycles. The third-order valence-electron chi connectivity index (χ3n) is 4.43. The monoisotopic (exact) mass is 466 g/mol. The van der Waals surface area contributed by atoms with Crippen LogP contribution in [0.1, 0.15) is 26.3 Å². The van der Waals surface area contributed by atoms with Gasteiger partial charge in [0.15, 0.2) is 5.75 Å². The average Bonchev–Trinajstić information content (AvgIpc) is 2.70. The second kappa shape index (κ2) is 9.13. The van der Waals surface area contributed by atoms with Crippen LogP contribution in [-0.2, 0) is 10.9 Å². The van der Waals surface area contributed by atoms with E-state index in [9.17, 15) is 27.2 Å². The number of halogens is 4. The Labute approximate surface area is 186 Å². The fourth-order valence-corrected chi connectivity index (χ4v) is 3.10. The number of ether oxygens (including phenoxy) is 2. The van der Waals surface area contributed by atoms with E-state index in [0.29, 0.717) is 0 Å². The van der Waals surface area contributed by atoms with Crippen molar-refractivity contribution in [1.82, 2.24) is 10.3 Å². The molecule has 176 valence electrons. The predicted molar refractivity (Wildman–Crippen MR) is 115 cm³/mol. The highest BCUT2D eigenvalue weighted by Gasteiger charge is 2.31. The molecule has 0 unspecified atom stereocenters. The van der Waals surface area contributed by atoms with Gasteiger partial charge in [0.25, 0.3) is 5.56 Å². The van der Waals surface area contributed by atoms with Gasteiger partial charge in [0.05, 0.1) is 23.2 Å². The van der Waals surface area contributed by atoms with E-state index < -0.39 is 34.8 Å². The Kier molecular flexibility index (Phi) is 6.66. The number of alkyl halides is 3. The molecule has 1 amide bonds. The molecule has 0 aliphatic rings. The number of rotatable bonds is 5. The number of benzene rings is 2. The molecule has 0 aliphatic heterocycles. The first-order chi connectivity index (χ1) is 15.3. The number of pyridine rings is 1. The molecule has 2 N–H and O–H groups in total. The second-order valence-corrected chi connectivity index (χ2v) is 8.20. The average molecular weight is 466 g/mol. The standard InChI is InChI=1S/C23H22F4N2O4/c1-22(2,3)33-21(31)28-9-10-32-19-16-8-7-15(24)12-17(16)20(30)29-18(19)13-5-4-6-14(11-13)23(25,26)27/h4-8,11-12H,9-10H2,1-3H3,(H,28,31)(H,29,30). The van der Waals surface area contributed by atoms with Crippen LogP contribution in [0.5, 0.6) is 5.75 Å². The SMILES string of the molecule is CC(C)(C)OC(=O)NCCOc1c(-c2cccc(C(F)(F)F)c2)[nH]c(=O)c2cc(F)ccc12. The molecular weight excluding hydrogens is 444 g/mol. The minimum atomic E-state index is -4.59. The maximum Gasteiger partial charge on any atom is 0.416 e. The molecule has 0 fully saturated rings. The summed E-state index contributed by atoms with van der Waals surface area (Å²) in [6, 6.07) is 7.82. The number of alkyl carbamates (subject to hydrolysis) is 1. The van der Waals surface area contributed by atoms with Crippen molar-refractivity contribution in [2.24, 2.45) is 0 Å². The number of hydrogen-bond donors (Lipinski definition) is 2. The number of aromatic nitrogens is 1. The summed E-state index contributed by atoms with van der Waals surface area (Å²) in [4.78, 5) is 26.8. The zero-order valence-corrected chi connectivity index (χ0v) is 18.1. The molecular formula is C23H22F4N2O4. The number of nitrogens with one attached hydrogen (secondary N) is 2. The Bertz CT molecular complexity index is 1230. The van der Waals surface area contributed by atoms with Gasteiger partial charge >= 0.3 is 12.3 Å². The molecule has 3 rings (SSSR count).